The van der Waals surface area contributed by atoms with Gasteiger partial charge in [0.05, 0.1) is 10.7 Å². The Kier molecular flexibility index (Phi) is 6.01. The largest absolute Gasteiger partial charge is 0.330 e. The number of hydrogen-bond donors (Lipinski definition) is 2. The maximum absolute atomic E-state index is 11.8. The van der Waals surface area contributed by atoms with E-state index in [4.69, 9.17) is 17.3 Å². The molecule has 1 aromatic rings. The highest BCUT2D eigenvalue weighted by molar-refractivity contribution is 6.33. The minimum atomic E-state index is -0.0259. The van der Waals surface area contributed by atoms with Gasteiger partial charge < -0.3 is 11.1 Å². The van der Waals surface area contributed by atoms with Gasteiger partial charge in [-0.2, -0.15) is 0 Å². The Hall–Kier alpha value is -1.06. The highest BCUT2D eigenvalue weighted by atomic mass is 35.5. The van der Waals surface area contributed by atoms with Crippen LogP contribution in [-0.4, -0.2) is 12.5 Å². The maximum atomic E-state index is 11.8. The Morgan fingerprint density at radius 3 is 2.76 bits per heavy atom. The van der Waals surface area contributed by atoms with Crippen LogP contribution in [0.2, 0.25) is 5.02 Å². The molecule has 1 atom stereocenters. The Balaban J connectivity index is 2.52. The summed E-state index contributed by atoms with van der Waals surface area (Å²) in [5.74, 6) is 0.226. The third-order valence-electron chi connectivity index (χ3n) is 2.65. The van der Waals surface area contributed by atoms with E-state index in [0.29, 0.717) is 23.7 Å². The smallest absolute Gasteiger partial charge is 0.224 e. The number of nitrogens with one attached hydrogen (secondary N) is 1. The quantitative estimate of drug-likeness (QED) is 0.820. The lowest BCUT2D eigenvalue weighted by atomic mass is 10.00. The summed E-state index contributed by atoms with van der Waals surface area (Å²) in [4.78, 5) is 11.8. The number of amides is 1. The van der Waals surface area contributed by atoms with Crippen molar-refractivity contribution < 1.29 is 4.79 Å². The predicted molar refractivity (Wildman–Crippen MR) is 72.2 cm³/mol. The molecule has 3 N–H and O–H groups in total. The molecule has 0 saturated heterocycles. The summed E-state index contributed by atoms with van der Waals surface area (Å²) in [6, 6.07) is 7.22. The third-order valence-corrected chi connectivity index (χ3v) is 2.98. The molecule has 0 radical (unpaired) electrons. The number of benzene rings is 1. The first-order valence-electron chi connectivity index (χ1n) is 5.91. The summed E-state index contributed by atoms with van der Waals surface area (Å²) in [7, 11) is 0. The minimum Gasteiger partial charge on any atom is -0.330 e. The fourth-order valence-corrected chi connectivity index (χ4v) is 1.92. The Morgan fingerprint density at radius 1 is 1.47 bits per heavy atom. The Bertz CT molecular complexity index is 368. The van der Waals surface area contributed by atoms with Crippen LogP contribution in [0.5, 0.6) is 0 Å². The van der Waals surface area contributed by atoms with Crippen molar-refractivity contribution in [1.82, 2.24) is 0 Å². The first kappa shape index (κ1) is 14.0. The van der Waals surface area contributed by atoms with E-state index in [1.807, 2.05) is 12.1 Å². The maximum Gasteiger partial charge on any atom is 0.224 e. The molecule has 0 aliphatic carbocycles. The van der Waals surface area contributed by atoms with Crippen LogP contribution < -0.4 is 11.1 Å². The van der Waals surface area contributed by atoms with Crippen LogP contribution in [0, 0.1) is 5.92 Å². The number of halogens is 1. The number of carbonyl (C=O) groups excluding carboxylic acids is 1. The number of nitrogens with two attached hydrogens (primary N) is 1. The minimum absolute atomic E-state index is 0.0259. The topological polar surface area (TPSA) is 55.1 Å². The number of hydrogen-bond acceptors (Lipinski definition) is 2. The third kappa shape index (κ3) is 4.75. The van der Waals surface area contributed by atoms with Crippen LogP contribution in [0.4, 0.5) is 5.69 Å². The van der Waals surface area contributed by atoms with Gasteiger partial charge in [0, 0.05) is 6.42 Å². The molecule has 0 heterocycles. The standard InChI is InChI=1S/C13H19ClN2O/c1-2-5-10(9-15)8-13(17)16-12-7-4-3-6-11(12)14/h3-4,6-7,10H,2,5,8-9,15H2,1H3,(H,16,17). The van der Waals surface area contributed by atoms with Crippen LogP contribution in [0.15, 0.2) is 24.3 Å². The van der Waals surface area contributed by atoms with E-state index in [2.05, 4.69) is 12.2 Å². The Labute approximate surface area is 107 Å². The molecule has 3 nitrogen and oxygen atoms in total. The number of carbonyl (C=O) groups is 1. The molecule has 94 valence electrons. The van der Waals surface area contributed by atoms with Crippen molar-refractivity contribution >= 4 is 23.2 Å². The average Bonchev–Trinajstić information content (AvgIpc) is 2.31. The van der Waals surface area contributed by atoms with Crippen molar-refractivity contribution in [1.29, 1.82) is 0 Å². The molecule has 0 fully saturated rings. The SMILES string of the molecule is CCCC(CN)CC(=O)Nc1ccccc1Cl. The van der Waals surface area contributed by atoms with E-state index in [1.165, 1.54) is 0 Å². The number of anilines is 1. The summed E-state index contributed by atoms with van der Waals surface area (Å²) in [5.41, 5.74) is 6.28. The second-order valence-electron chi connectivity index (χ2n) is 4.12. The zero-order valence-electron chi connectivity index (χ0n) is 10.1. The fourth-order valence-electron chi connectivity index (χ4n) is 1.74. The first-order valence-corrected chi connectivity index (χ1v) is 6.29. The second-order valence-corrected chi connectivity index (χ2v) is 4.53. The van der Waals surface area contributed by atoms with Crippen molar-refractivity contribution in [2.75, 3.05) is 11.9 Å². The van der Waals surface area contributed by atoms with Gasteiger partial charge in [0.1, 0.15) is 0 Å². The van der Waals surface area contributed by atoms with Gasteiger partial charge in [0.15, 0.2) is 0 Å². The molecular formula is C13H19ClN2O. The molecule has 1 rings (SSSR count). The molecule has 0 bridgehead atoms. The van der Waals surface area contributed by atoms with Gasteiger partial charge in [-0.3, -0.25) is 4.79 Å². The van der Waals surface area contributed by atoms with Crippen LogP contribution in [0.25, 0.3) is 0 Å². The van der Waals surface area contributed by atoms with Crippen molar-refractivity contribution in [3.63, 3.8) is 0 Å². The van der Waals surface area contributed by atoms with Gasteiger partial charge >= 0.3 is 0 Å². The lowest BCUT2D eigenvalue weighted by molar-refractivity contribution is -0.117. The lowest BCUT2D eigenvalue weighted by Crippen LogP contribution is -2.22. The van der Waals surface area contributed by atoms with Crippen molar-refractivity contribution in [2.45, 2.75) is 26.2 Å². The summed E-state index contributed by atoms with van der Waals surface area (Å²) in [6.07, 6.45) is 2.48. The molecule has 0 aliphatic rings. The highest BCUT2D eigenvalue weighted by Gasteiger charge is 2.12. The first-order chi connectivity index (χ1) is 8.17. The predicted octanol–water partition coefficient (Wildman–Crippen LogP) is 3.04. The molecular weight excluding hydrogens is 236 g/mol. The summed E-state index contributed by atoms with van der Waals surface area (Å²) in [6.45, 7) is 2.64. The van der Waals surface area contributed by atoms with Gasteiger partial charge in [-0.15, -0.1) is 0 Å². The molecule has 4 heteroatoms. The molecule has 17 heavy (non-hydrogen) atoms. The Morgan fingerprint density at radius 2 is 2.18 bits per heavy atom. The van der Waals surface area contributed by atoms with Gasteiger partial charge in [0.25, 0.3) is 0 Å². The monoisotopic (exact) mass is 254 g/mol. The number of para-hydroxylation sites is 1. The van der Waals surface area contributed by atoms with Crippen molar-refractivity contribution in [3.8, 4) is 0 Å². The zero-order chi connectivity index (χ0) is 12.7. The van der Waals surface area contributed by atoms with Gasteiger partial charge in [-0.1, -0.05) is 37.1 Å². The highest BCUT2D eigenvalue weighted by Crippen LogP contribution is 2.21. The van der Waals surface area contributed by atoms with E-state index >= 15 is 0 Å². The van der Waals surface area contributed by atoms with Crippen molar-refractivity contribution in [2.24, 2.45) is 11.7 Å². The molecule has 0 saturated carbocycles. The molecule has 1 unspecified atom stereocenters. The van der Waals surface area contributed by atoms with Crippen LogP contribution in [0.1, 0.15) is 26.2 Å². The molecule has 0 aromatic heterocycles. The van der Waals surface area contributed by atoms with Gasteiger partial charge in [0.2, 0.25) is 5.91 Å². The van der Waals surface area contributed by atoms with Gasteiger partial charge in [-0.25, -0.2) is 0 Å². The molecule has 0 spiro atoms. The molecule has 0 aliphatic heterocycles. The van der Waals surface area contributed by atoms with E-state index in [1.54, 1.807) is 12.1 Å². The molecule has 1 amide bonds. The van der Waals surface area contributed by atoms with E-state index < -0.39 is 0 Å². The van der Waals surface area contributed by atoms with E-state index in [-0.39, 0.29) is 11.8 Å². The fraction of sp³-hybridized carbons (Fsp3) is 0.462. The van der Waals surface area contributed by atoms with Gasteiger partial charge in [-0.05, 0) is 31.0 Å². The average molecular weight is 255 g/mol. The van der Waals surface area contributed by atoms with E-state index in [9.17, 15) is 4.79 Å². The van der Waals surface area contributed by atoms with E-state index in [0.717, 1.165) is 12.8 Å². The summed E-state index contributed by atoms with van der Waals surface area (Å²) >= 11 is 5.96. The zero-order valence-corrected chi connectivity index (χ0v) is 10.8. The van der Waals surface area contributed by atoms with Crippen molar-refractivity contribution in [3.05, 3.63) is 29.3 Å². The van der Waals surface area contributed by atoms with Crippen LogP contribution in [-0.2, 0) is 4.79 Å². The normalized spacial score (nSPS) is 12.2. The molecule has 1 aromatic carbocycles. The summed E-state index contributed by atoms with van der Waals surface area (Å²) in [5, 5.41) is 3.36. The van der Waals surface area contributed by atoms with Crippen LogP contribution in [0.3, 0.4) is 0 Å². The lowest BCUT2D eigenvalue weighted by Gasteiger charge is -2.13. The summed E-state index contributed by atoms with van der Waals surface area (Å²) < 4.78 is 0. The number of rotatable bonds is 6. The second kappa shape index (κ2) is 7.30. The van der Waals surface area contributed by atoms with Crippen LogP contribution >= 0.6 is 11.6 Å².